The molecule has 0 radical (unpaired) electrons. The number of fused-ring (bicyclic) bond motifs is 3. The fourth-order valence-corrected chi connectivity index (χ4v) is 9.16. The maximum absolute atomic E-state index is 6.15. The minimum atomic E-state index is 0. The molecule has 0 spiro atoms. The molecule has 4 heteroatoms. The first-order chi connectivity index (χ1) is 29.1. The number of para-hydroxylation sites is 2. The molecule has 2 aromatic heterocycles. The van der Waals surface area contributed by atoms with Crippen molar-refractivity contribution in [2.45, 2.75) is 154 Å². The van der Waals surface area contributed by atoms with E-state index in [1.54, 1.807) is 0 Å². The Balaban J connectivity index is 0.00000242. The molecule has 3 atom stereocenters. The Kier molecular flexibility index (Phi) is 22.9. The molecule has 8 rings (SSSR count). The lowest BCUT2D eigenvalue weighted by molar-refractivity contribution is 0.433. The lowest BCUT2D eigenvalue weighted by atomic mass is 9.81. The van der Waals surface area contributed by atoms with Gasteiger partial charge in [-0.2, -0.15) is 0 Å². The Labute approximate surface area is 395 Å². The summed E-state index contributed by atoms with van der Waals surface area (Å²) in [6.45, 7) is 7.01. The fraction of sp³-hybridized carbons (Fsp3) is 0.377. The van der Waals surface area contributed by atoms with Gasteiger partial charge in [-0.3, -0.25) is 0 Å². The van der Waals surface area contributed by atoms with E-state index in [-0.39, 0.29) is 44.6 Å². The molecule has 0 saturated carbocycles. The molecule has 0 N–H and O–H groups in total. The van der Waals surface area contributed by atoms with Crippen molar-refractivity contribution in [2.75, 3.05) is 0 Å². The van der Waals surface area contributed by atoms with Gasteiger partial charge in [0.1, 0.15) is 0 Å². The van der Waals surface area contributed by atoms with Crippen molar-refractivity contribution >= 4 is 21.8 Å². The Bertz CT molecular complexity index is 2460. The lowest BCUT2D eigenvalue weighted by Gasteiger charge is -2.26. The van der Waals surface area contributed by atoms with Crippen molar-refractivity contribution in [2.24, 2.45) is 0 Å². The summed E-state index contributed by atoms with van der Waals surface area (Å²) in [6, 6.07) is 55.7. The number of aromatic nitrogens is 3. The van der Waals surface area contributed by atoms with E-state index in [1.165, 1.54) is 88.1 Å². The highest BCUT2D eigenvalue weighted by molar-refractivity contribution is 6.08. The molecule has 6 aromatic carbocycles. The number of aryl methyl sites for hydroxylation is 1. The topological polar surface area (TPSA) is 43.9 Å². The number of benzene rings is 6. The third-order valence-corrected chi connectivity index (χ3v) is 12.6. The van der Waals surface area contributed by atoms with Gasteiger partial charge in [0.15, 0.2) is 0 Å². The maximum atomic E-state index is 6.15. The van der Waals surface area contributed by atoms with Gasteiger partial charge in [0, 0.05) is 39.0 Å². The van der Waals surface area contributed by atoms with Gasteiger partial charge in [0.25, 0.3) is 0 Å². The summed E-state index contributed by atoms with van der Waals surface area (Å²) in [7, 11) is 0. The number of nitrogens with zero attached hydrogens (tertiary/aromatic N) is 3. The molecule has 4 nitrogen and oxygen atoms in total. The van der Waals surface area contributed by atoms with Gasteiger partial charge < -0.3 is 8.98 Å². The van der Waals surface area contributed by atoms with Crippen molar-refractivity contribution in [3.05, 3.63) is 168 Å². The van der Waals surface area contributed by atoms with E-state index >= 15 is 0 Å². The summed E-state index contributed by atoms with van der Waals surface area (Å²) in [5, 5.41) is 11.5. The highest BCUT2D eigenvalue weighted by Gasteiger charge is 2.22. The largest absolute Gasteiger partial charge is 0.416 e. The summed E-state index contributed by atoms with van der Waals surface area (Å²) in [6.07, 6.45) is 13.5. The Morgan fingerprint density at radius 2 is 0.923 bits per heavy atom. The predicted octanol–water partition coefficient (Wildman–Crippen LogP) is 19.6. The lowest BCUT2D eigenvalue weighted by Crippen LogP contribution is -2.10. The van der Waals surface area contributed by atoms with Crippen LogP contribution in [0.3, 0.4) is 0 Å². The van der Waals surface area contributed by atoms with E-state index < -0.39 is 0 Å². The number of hydrogen-bond donors (Lipinski definition) is 0. The normalized spacial score (nSPS) is 12.0. The molecule has 65 heavy (non-hydrogen) atoms. The highest BCUT2D eigenvalue weighted by atomic mass is 16.4. The Hall–Kier alpha value is -5.74. The van der Waals surface area contributed by atoms with E-state index in [0.29, 0.717) is 29.7 Å². The number of unbranched alkanes of at least 4 members (excludes halogenated alkanes) is 5. The number of hydrogen-bond acceptors (Lipinski definition) is 3. The van der Waals surface area contributed by atoms with Crippen molar-refractivity contribution < 1.29 is 4.42 Å². The van der Waals surface area contributed by atoms with Gasteiger partial charge in [-0.15, -0.1) is 10.2 Å². The highest BCUT2D eigenvalue weighted by Crippen LogP contribution is 2.39. The molecule has 2 heterocycles. The van der Waals surface area contributed by atoms with Crippen LogP contribution in [0.15, 0.2) is 156 Å². The van der Waals surface area contributed by atoms with Crippen LogP contribution < -0.4 is 0 Å². The van der Waals surface area contributed by atoms with Crippen molar-refractivity contribution in [1.29, 1.82) is 0 Å². The Morgan fingerprint density at radius 3 is 1.48 bits per heavy atom. The third kappa shape index (κ3) is 13.2. The summed E-state index contributed by atoms with van der Waals surface area (Å²) in [5.74, 6) is 2.05. The second-order valence-electron chi connectivity index (χ2n) is 16.6. The molecule has 348 valence electrons. The first-order valence-electron chi connectivity index (χ1n) is 22.3. The molecule has 0 aliphatic rings. The predicted molar refractivity (Wildman–Crippen MR) is 288 cm³/mol. The quantitative estimate of drug-likeness (QED) is 0.0760. The molecule has 0 saturated heterocycles. The molecule has 0 amide bonds. The zero-order valence-electron chi connectivity index (χ0n) is 35.2. The fourth-order valence-electron chi connectivity index (χ4n) is 9.16. The summed E-state index contributed by atoms with van der Waals surface area (Å²) in [4.78, 5) is 0. The van der Waals surface area contributed by atoms with Crippen LogP contribution in [0.5, 0.6) is 0 Å². The smallest absolute Gasteiger partial charge is 0.248 e. The second-order valence-corrected chi connectivity index (χ2v) is 16.6. The van der Waals surface area contributed by atoms with Crippen molar-refractivity contribution in [3.63, 3.8) is 0 Å². The van der Waals surface area contributed by atoms with Crippen LogP contribution in [0.1, 0.15) is 164 Å². The summed E-state index contributed by atoms with van der Waals surface area (Å²) in [5.41, 5.74) is 11.2. The Morgan fingerprint density at radius 1 is 0.462 bits per heavy atom. The van der Waals surface area contributed by atoms with Gasteiger partial charge in [0.2, 0.25) is 11.8 Å². The standard InChI is InChI=1S/C55H59N3O.6CH4/c1-4-6-7-8-9-11-18-41-26-29-47(30-27-41)54-56-57-55(59-54)48-37-35-46(36-38-48)45-33-31-44(32-34-45)42(5-2)39-49(43-19-12-10-13-20-43)28-25-40(3)58-52-23-16-14-21-50(52)51-22-15-17-24-53(51)58;;;;;;/h10,12-17,19-24,26-27,29-38,40,42,49H,4-9,11,18,25,28,39H2,1-3H3;6*1H4. The zero-order valence-corrected chi connectivity index (χ0v) is 35.2. The van der Waals surface area contributed by atoms with Crippen LogP contribution >= 0.6 is 0 Å². The number of rotatable bonds is 19. The molecule has 0 aliphatic carbocycles. The van der Waals surface area contributed by atoms with E-state index in [9.17, 15) is 0 Å². The summed E-state index contributed by atoms with van der Waals surface area (Å²) < 4.78 is 8.73. The minimum Gasteiger partial charge on any atom is -0.416 e. The van der Waals surface area contributed by atoms with E-state index in [1.807, 2.05) is 0 Å². The average Bonchev–Trinajstić information content (AvgIpc) is 3.92. The van der Waals surface area contributed by atoms with Gasteiger partial charge in [-0.1, -0.05) is 206 Å². The minimum absolute atomic E-state index is 0. The van der Waals surface area contributed by atoms with Gasteiger partial charge in [-0.05, 0) is 121 Å². The first-order valence-corrected chi connectivity index (χ1v) is 22.3. The first kappa shape index (κ1) is 55.4. The van der Waals surface area contributed by atoms with Crippen LogP contribution in [0.4, 0.5) is 0 Å². The van der Waals surface area contributed by atoms with Crippen LogP contribution in [0.2, 0.25) is 0 Å². The molecule has 8 aromatic rings. The van der Waals surface area contributed by atoms with Gasteiger partial charge in [-0.25, -0.2) is 0 Å². The van der Waals surface area contributed by atoms with E-state index in [4.69, 9.17) is 4.42 Å². The van der Waals surface area contributed by atoms with E-state index in [0.717, 1.165) is 43.2 Å². The third-order valence-electron chi connectivity index (χ3n) is 12.6. The van der Waals surface area contributed by atoms with Gasteiger partial charge >= 0.3 is 0 Å². The molecular formula is C61H83N3O. The maximum Gasteiger partial charge on any atom is 0.248 e. The van der Waals surface area contributed by atoms with Crippen molar-refractivity contribution in [1.82, 2.24) is 14.8 Å². The average molecular weight is 874 g/mol. The zero-order chi connectivity index (χ0) is 40.4. The van der Waals surface area contributed by atoms with Crippen LogP contribution in [-0.4, -0.2) is 14.8 Å². The molecule has 3 unspecified atom stereocenters. The molecule has 0 bridgehead atoms. The van der Waals surface area contributed by atoms with Crippen molar-refractivity contribution in [3.8, 4) is 34.0 Å². The molecular weight excluding hydrogens is 791 g/mol. The van der Waals surface area contributed by atoms with Crippen LogP contribution in [-0.2, 0) is 6.42 Å². The monoisotopic (exact) mass is 874 g/mol. The second kappa shape index (κ2) is 26.9. The summed E-state index contributed by atoms with van der Waals surface area (Å²) >= 11 is 0. The van der Waals surface area contributed by atoms with Gasteiger partial charge in [0.05, 0.1) is 0 Å². The molecule has 0 aliphatic heterocycles. The van der Waals surface area contributed by atoms with E-state index in [2.05, 4.69) is 187 Å². The van der Waals surface area contributed by atoms with Crippen LogP contribution in [0.25, 0.3) is 55.8 Å². The molecule has 0 fully saturated rings. The van der Waals surface area contributed by atoms with Crippen LogP contribution in [0, 0.1) is 0 Å². The SMILES string of the molecule is C.C.C.C.C.C.CCCCCCCCc1ccc(-c2nnc(-c3ccc(-c4ccc(C(CC)CC(CCC(C)n5c6ccccc6c6ccccc65)c5ccccc5)cc4)cc3)o2)cc1.